The lowest BCUT2D eigenvalue weighted by Crippen LogP contribution is -2.07. The Bertz CT molecular complexity index is 566. The Morgan fingerprint density at radius 2 is 1.85 bits per heavy atom. The summed E-state index contributed by atoms with van der Waals surface area (Å²) in [6.07, 6.45) is 2.24. The van der Waals surface area contributed by atoms with Gasteiger partial charge in [0.2, 0.25) is 0 Å². The quantitative estimate of drug-likeness (QED) is 0.755. The molecule has 0 radical (unpaired) electrons. The number of halogens is 2. The third kappa shape index (κ3) is 3.73. The van der Waals surface area contributed by atoms with Gasteiger partial charge >= 0.3 is 0 Å². The van der Waals surface area contributed by atoms with E-state index >= 15 is 0 Å². The molecular weight excluding hydrogens is 273 g/mol. The standard InChI is InChI=1S/C17H19ClFN/c1-3-4-13-5-8-15(9-6-13)20-12(2)14-7-10-16(18)17(19)11-14/h5-12,20H,3-4H2,1-2H3. The van der Waals surface area contributed by atoms with E-state index in [1.54, 1.807) is 6.07 Å². The van der Waals surface area contributed by atoms with Gasteiger partial charge in [-0.2, -0.15) is 0 Å². The van der Waals surface area contributed by atoms with Crippen molar-refractivity contribution < 1.29 is 4.39 Å². The van der Waals surface area contributed by atoms with E-state index in [9.17, 15) is 4.39 Å². The fourth-order valence-corrected chi connectivity index (χ4v) is 2.29. The number of hydrogen-bond donors (Lipinski definition) is 1. The molecule has 20 heavy (non-hydrogen) atoms. The van der Waals surface area contributed by atoms with Crippen molar-refractivity contribution in [1.29, 1.82) is 0 Å². The molecule has 0 aliphatic carbocycles. The van der Waals surface area contributed by atoms with Gasteiger partial charge in [-0.15, -0.1) is 0 Å². The molecule has 0 aliphatic heterocycles. The fourth-order valence-electron chi connectivity index (χ4n) is 2.17. The number of anilines is 1. The van der Waals surface area contributed by atoms with Gasteiger partial charge in [-0.25, -0.2) is 4.39 Å². The molecule has 1 N–H and O–H groups in total. The van der Waals surface area contributed by atoms with Crippen molar-refractivity contribution in [2.75, 3.05) is 5.32 Å². The molecule has 2 aromatic rings. The van der Waals surface area contributed by atoms with Crippen LogP contribution in [0.15, 0.2) is 42.5 Å². The Labute approximate surface area is 124 Å². The van der Waals surface area contributed by atoms with Crippen molar-refractivity contribution in [3.8, 4) is 0 Å². The maximum absolute atomic E-state index is 13.5. The van der Waals surface area contributed by atoms with Crippen molar-refractivity contribution in [2.24, 2.45) is 0 Å². The number of hydrogen-bond acceptors (Lipinski definition) is 1. The van der Waals surface area contributed by atoms with Crippen molar-refractivity contribution in [2.45, 2.75) is 32.7 Å². The molecule has 0 aromatic heterocycles. The monoisotopic (exact) mass is 291 g/mol. The highest BCUT2D eigenvalue weighted by Crippen LogP contribution is 2.23. The molecule has 0 amide bonds. The summed E-state index contributed by atoms with van der Waals surface area (Å²) in [5.41, 5.74) is 3.25. The van der Waals surface area contributed by atoms with Crippen molar-refractivity contribution >= 4 is 17.3 Å². The van der Waals surface area contributed by atoms with Crippen molar-refractivity contribution in [1.82, 2.24) is 0 Å². The van der Waals surface area contributed by atoms with Crippen LogP contribution in [0, 0.1) is 5.82 Å². The second-order valence-corrected chi connectivity index (χ2v) is 5.39. The molecule has 2 rings (SSSR count). The van der Waals surface area contributed by atoms with Gasteiger partial charge in [-0.1, -0.05) is 43.1 Å². The fraction of sp³-hybridized carbons (Fsp3) is 0.294. The molecule has 1 unspecified atom stereocenters. The highest BCUT2D eigenvalue weighted by molar-refractivity contribution is 6.30. The SMILES string of the molecule is CCCc1ccc(NC(C)c2ccc(Cl)c(F)c2)cc1. The lowest BCUT2D eigenvalue weighted by atomic mass is 10.1. The minimum absolute atomic E-state index is 0.0267. The predicted molar refractivity (Wildman–Crippen MR) is 83.9 cm³/mol. The summed E-state index contributed by atoms with van der Waals surface area (Å²) >= 11 is 5.70. The lowest BCUT2D eigenvalue weighted by molar-refractivity contribution is 0.624. The number of rotatable bonds is 5. The molecule has 1 atom stereocenters. The van der Waals surface area contributed by atoms with Crippen LogP contribution in [0.25, 0.3) is 0 Å². The summed E-state index contributed by atoms with van der Waals surface area (Å²) in [7, 11) is 0. The van der Waals surface area contributed by atoms with E-state index < -0.39 is 0 Å². The molecule has 106 valence electrons. The van der Waals surface area contributed by atoms with Crippen LogP contribution in [0.5, 0.6) is 0 Å². The van der Waals surface area contributed by atoms with Gasteiger partial charge in [-0.05, 0) is 48.7 Å². The summed E-state index contributed by atoms with van der Waals surface area (Å²) in [5, 5.41) is 3.52. The molecular formula is C17H19ClFN. The maximum atomic E-state index is 13.5. The summed E-state index contributed by atoms with van der Waals surface area (Å²) < 4.78 is 13.5. The molecule has 0 bridgehead atoms. The molecule has 3 heteroatoms. The predicted octanol–water partition coefficient (Wildman–Crippen LogP) is 5.60. The van der Waals surface area contributed by atoms with E-state index in [0.717, 1.165) is 24.1 Å². The van der Waals surface area contributed by atoms with Gasteiger partial charge < -0.3 is 5.32 Å². The van der Waals surface area contributed by atoms with Crippen LogP contribution in [0.4, 0.5) is 10.1 Å². The summed E-state index contributed by atoms with van der Waals surface area (Å²) in [6.45, 7) is 4.17. The molecule has 0 saturated heterocycles. The summed E-state index contributed by atoms with van der Waals surface area (Å²) in [5.74, 6) is -0.379. The van der Waals surface area contributed by atoms with Gasteiger partial charge in [0, 0.05) is 11.7 Å². The second kappa shape index (κ2) is 6.76. The average molecular weight is 292 g/mol. The molecule has 1 nitrogen and oxygen atoms in total. The Kier molecular flexibility index (Phi) is 5.02. The third-order valence-corrected chi connectivity index (χ3v) is 3.63. The number of aryl methyl sites for hydroxylation is 1. The highest BCUT2D eigenvalue weighted by atomic mass is 35.5. The van der Waals surface area contributed by atoms with Crippen LogP contribution in [0.3, 0.4) is 0 Å². The van der Waals surface area contributed by atoms with Crippen LogP contribution in [0.2, 0.25) is 5.02 Å². The normalized spacial score (nSPS) is 12.2. The van der Waals surface area contributed by atoms with Gasteiger partial charge in [0.05, 0.1) is 5.02 Å². The molecule has 0 fully saturated rings. The number of nitrogens with one attached hydrogen (secondary N) is 1. The van der Waals surface area contributed by atoms with E-state index in [0.29, 0.717) is 0 Å². The van der Waals surface area contributed by atoms with Crippen LogP contribution in [-0.2, 0) is 6.42 Å². The Balaban J connectivity index is 2.06. The van der Waals surface area contributed by atoms with Crippen molar-refractivity contribution in [3.63, 3.8) is 0 Å². The lowest BCUT2D eigenvalue weighted by Gasteiger charge is -2.16. The molecule has 0 saturated carbocycles. The average Bonchev–Trinajstić information content (AvgIpc) is 2.44. The minimum atomic E-state index is -0.379. The largest absolute Gasteiger partial charge is 0.379 e. The van der Waals surface area contributed by atoms with Crippen LogP contribution < -0.4 is 5.32 Å². The highest BCUT2D eigenvalue weighted by Gasteiger charge is 2.08. The van der Waals surface area contributed by atoms with E-state index in [4.69, 9.17) is 11.6 Å². The van der Waals surface area contributed by atoms with Crippen LogP contribution in [-0.4, -0.2) is 0 Å². The Morgan fingerprint density at radius 3 is 2.45 bits per heavy atom. The second-order valence-electron chi connectivity index (χ2n) is 4.99. The topological polar surface area (TPSA) is 12.0 Å². The summed E-state index contributed by atoms with van der Waals surface area (Å²) in [4.78, 5) is 0. The zero-order chi connectivity index (χ0) is 14.5. The van der Waals surface area contributed by atoms with Gasteiger partial charge in [0.25, 0.3) is 0 Å². The molecule has 0 heterocycles. The molecule has 0 aliphatic rings. The van der Waals surface area contributed by atoms with Gasteiger partial charge in [0.1, 0.15) is 5.82 Å². The van der Waals surface area contributed by atoms with E-state index in [-0.39, 0.29) is 16.9 Å². The Morgan fingerprint density at radius 1 is 1.15 bits per heavy atom. The van der Waals surface area contributed by atoms with Crippen molar-refractivity contribution in [3.05, 3.63) is 64.4 Å². The zero-order valence-corrected chi connectivity index (χ0v) is 12.5. The number of benzene rings is 2. The smallest absolute Gasteiger partial charge is 0.142 e. The maximum Gasteiger partial charge on any atom is 0.142 e. The first kappa shape index (κ1) is 14.9. The minimum Gasteiger partial charge on any atom is -0.379 e. The summed E-state index contributed by atoms with van der Waals surface area (Å²) in [6, 6.07) is 13.3. The van der Waals surface area contributed by atoms with Crippen LogP contribution >= 0.6 is 11.6 Å². The van der Waals surface area contributed by atoms with Gasteiger partial charge in [-0.3, -0.25) is 0 Å². The van der Waals surface area contributed by atoms with E-state index in [1.165, 1.54) is 11.6 Å². The first-order valence-electron chi connectivity index (χ1n) is 6.90. The third-order valence-electron chi connectivity index (χ3n) is 3.32. The molecule has 2 aromatic carbocycles. The molecule has 0 spiro atoms. The first-order valence-corrected chi connectivity index (χ1v) is 7.28. The zero-order valence-electron chi connectivity index (χ0n) is 11.8. The van der Waals surface area contributed by atoms with E-state index in [1.807, 2.05) is 13.0 Å². The van der Waals surface area contributed by atoms with E-state index in [2.05, 4.69) is 36.5 Å². The van der Waals surface area contributed by atoms with Crippen LogP contribution in [0.1, 0.15) is 37.4 Å². The Hall–Kier alpha value is -1.54. The first-order chi connectivity index (χ1) is 9.60. The van der Waals surface area contributed by atoms with Gasteiger partial charge in [0.15, 0.2) is 0 Å².